The van der Waals surface area contributed by atoms with E-state index in [0.29, 0.717) is 23.8 Å². The van der Waals surface area contributed by atoms with Crippen molar-refractivity contribution in [2.75, 3.05) is 11.9 Å². The van der Waals surface area contributed by atoms with Gasteiger partial charge in [-0.05, 0) is 54.7 Å². The Morgan fingerprint density at radius 3 is 2.46 bits per heavy atom. The molecule has 0 bridgehead atoms. The summed E-state index contributed by atoms with van der Waals surface area (Å²) >= 11 is 0. The largest absolute Gasteiger partial charge is 0.493 e. The molecule has 1 N–H and O–H groups in total. The predicted octanol–water partition coefficient (Wildman–Crippen LogP) is 5.50. The number of benzene rings is 2. The van der Waals surface area contributed by atoms with Gasteiger partial charge in [-0.25, -0.2) is 0 Å². The lowest BCUT2D eigenvalue weighted by Crippen LogP contribution is -2.16. The molecule has 0 unspecified atom stereocenters. The second-order valence-electron chi connectivity index (χ2n) is 7.31. The Bertz CT molecular complexity index is 833. The van der Waals surface area contributed by atoms with Crippen molar-refractivity contribution in [1.29, 1.82) is 0 Å². The summed E-state index contributed by atoms with van der Waals surface area (Å²) in [5.74, 6) is 1.06. The summed E-state index contributed by atoms with van der Waals surface area (Å²) in [4.78, 5) is 23.8. The van der Waals surface area contributed by atoms with Gasteiger partial charge in [0.1, 0.15) is 5.75 Å². The molecule has 1 aliphatic rings. The van der Waals surface area contributed by atoms with E-state index in [2.05, 4.69) is 5.32 Å². The van der Waals surface area contributed by atoms with Gasteiger partial charge in [-0.15, -0.1) is 0 Å². The topological polar surface area (TPSA) is 55.4 Å². The molecule has 1 fully saturated rings. The summed E-state index contributed by atoms with van der Waals surface area (Å²) in [7, 11) is 0. The summed E-state index contributed by atoms with van der Waals surface area (Å²) < 4.78 is 6.01. The van der Waals surface area contributed by atoms with Gasteiger partial charge in [0.05, 0.1) is 12.2 Å². The lowest BCUT2D eigenvalue weighted by atomic mass is 9.90. The minimum absolute atomic E-state index is 0.0785. The van der Waals surface area contributed by atoms with E-state index in [9.17, 15) is 9.59 Å². The summed E-state index contributed by atoms with van der Waals surface area (Å²) in [6, 6.07) is 14.8. The fraction of sp³-hybridized carbons (Fsp3) is 0.333. The lowest BCUT2D eigenvalue weighted by molar-refractivity contribution is -0.114. The number of nitrogens with one attached hydrogen (secondary N) is 1. The van der Waals surface area contributed by atoms with Crippen molar-refractivity contribution < 1.29 is 14.3 Å². The molecular formula is C24H27NO3. The lowest BCUT2D eigenvalue weighted by Gasteiger charge is -2.22. The molecule has 1 saturated carbocycles. The van der Waals surface area contributed by atoms with Crippen LogP contribution in [0.3, 0.4) is 0 Å². The molecule has 2 aromatic carbocycles. The Kier molecular flexibility index (Phi) is 7.01. The Morgan fingerprint density at radius 1 is 1.04 bits per heavy atom. The number of ketones is 1. The Labute approximate surface area is 166 Å². The highest BCUT2D eigenvalue weighted by Crippen LogP contribution is 2.26. The number of anilines is 1. The predicted molar refractivity (Wildman–Crippen MR) is 113 cm³/mol. The summed E-state index contributed by atoms with van der Waals surface area (Å²) in [6.45, 7) is 2.15. The van der Waals surface area contributed by atoms with Gasteiger partial charge >= 0.3 is 0 Å². The number of carbonyl (C=O) groups is 2. The monoisotopic (exact) mass is 377 g/mol. The van der Waals surface area contributed by atoms with Crippen LogP contribution in [0.2, 0.25) is 0 Å². The average Bonchev–Trinajstić information content (AvgIpc) is 2.72. The van der Waals surface area contributed by atoms with Crippen molar-refractivity contribution in [2.24, 2.45) is 5.92 Å². The van der Waals surface area contributed by atoms with Crippen LogP contribution in [0.1, 0.15) is 54.9 Å². The molecule has 0 atom stereocenters. The maximum atomic E-state index is 12.7. The second kappa shape index (κ2) is 9.88. The van der Waals surface area contributed by atoms with Crippen LogP contribution >= 0.6 is 0 Å². The van der Waals surface area contributed by atoms with E-state index >= 15 is 0 Å². The van der Waals surface area contributed by atoms with Gasteiger partial charge in [-0.3, -0.25) is 9.59 Å². The number of rotatable bonds is 7. The number of para-hydroxylation sites is 1. The number of hydrogen-bond acceptors (Lipinski definition) is 3. The van der Waals surface area contributed by atoms with Crippen molar-refractivity contribution in [3.8, 4) is 5.75 Å². The van der Waals surface area contributed by atoms with Gasteiger partial charge in [0, 0.05) is 12.6 Å². The third-order valence-electron chi connectivity index (χ3n) is 5.01. The molecule has 28 heavy (non-hydrogen) atoms. The molecular weight excluding hydrogens is 350 g/mol. The van der Waals surface area contributed by atoms with Crippen molar-refractivity contribution in [3.05, 3.63) is 65.7 Å². The van der Waals surface area contributed by atoms with Gasteiger partial charge < -0.3 is 10.1 Å². The average molecular weight is 377 g/mol. The highest BCUT2D eigenvalue weighted by molar-refractivity contribution is 6.08. The Hall–Kier alpha value is -2.88. The maximum Gasteiger partial charge on any atom is 0.221 e. The number of hydrogen-bond donors (Lipinski definition) is 1. The maximum absolute atomic E-state index is 12.7. The minimum atomic E-state index is -0.108. The van der Waals surface area contributed by atoms with E-state index in [4.69, 9.17) is 4.74 Å². The first-order valence-corrected chi connectivity index (χ1v) is 9.94. The van der Waals surface area contributed by atoms with Crippen LogP contribution in [-0.4, -0.2) is 18.3 Å². The number of ether oxygens (including phenoxy) is 1. The van der Waals surface area contributed by atoms with E-state index < -0.39 is 0 Å². The zero-order valence-corrected chi connectivity index (χ0v) is 16.3. The van der Waals surface area contributed by atoms with Crippen molar-refractivity contribution >= 4 is 23.5 Å². The first-order chi connectivity index (χ1) is 13.6. The first-order valence-electron chi connectivity index (χ1n) is 9.94. The molecule has 1 aliphatic carbocycles. The molecule has 4 heteroatoms. The van der Waals surface area contributed by atoms with Crippen LogP contribution in [0.15, 0.2) is 54.6 Å². The van der Waals surface area contributed by atoms with Gasteiger partial charge in [-0.2, -0.15) is 0 Å². The number of allylic oxidation sites excluding steroid dienone is 1. The first kappa shape index (κ1) is 19.9. The van der Waals surface area contributed by atoms with Crippen molar-refractivity contribution in [3.63, 3.8) is 0 Å². The fourth-order valence-corrected chi connectivity index (χ4v) is 3.50. The number of amides is 1. The molecule has 3 rings (SSSR count). The third kappa shape index (κ3) is 5.81. The second-order valence-corrected chi connectivity index (χ2v) is 7.31. The normalized spacial score (nSPS) is 14.8. The molecule has 1 amide bonds. The zero-order chi connectivity index (χ0) is 19.8. The van der Waals surface area contributed by atoms with Crippen molar-refractivity contribution in [2.45, 2.75) is 39.0 Å². The molecule has 2 aromatic rings. The van der Waals surface area contributed by atoms with Gasteiger partial charge in [-0.1, -0.05) is 49.6 Å². The van der Waals surface area contributed by atoms with E-state index in [1.807, 2.05) is 48.5 Å². The van der Waals surface area contributed by atoms with Crippen LogP contribution < -0.4 is 10.1 Å². The molecule has 0 heterocycles. The highest BCUT2D eigenvalue weighted by atomic mass is 16.5. The van der Waals surface area contributed by atoms with Crippen LogP contribution in [0, 0.1) is 5.92 Å². The Morgan fingerprint density at radius 2 is 1.75 bits per heavy atom. The third-order valence-corrected chi connectivity index (χ3v) is 5.01. The van der Waals surface area contributed by atoms with Crippen molar-refractivity contribution in [1.82, 2.24) is 0 Å². The van der Waals surface area contributed by atoms with Gasteiger partial charge in [0.15, 0.2) is 5.78 Å². The van der Waals surface area contributed by atoms with E-state index in [1.165, 1.54) is 39.0 Å². The van der Waals surface area contributed by atoms with Crippen LogP contribution in [0.4, 0.5) is 5.69 Å². The van der Waals surface area contributed by atoms with E-state index in [-0.39, 0.29) is 11.7 Å². The smallest absolute Gasteiger partial charge is 0.221 e. The van der Waals surface area contributed by atoms with Gasteiger partial charge in [0.2, 0.25) is 5.91 Å². The van der Waals surface area contributed by atoms with Crippen LogP contribution in [0.5, 0.6) is 5.75 Å². The summed E-state index contributed by atoms with van der Waals surface area (Å²) in [6.07, 6.45) is 9.64. The SMILES string of the molecule is CC(=O)Nc1ccc(/C=C/C(=O)c2ccccc2OCC2CCCCC2)cc1. The fourth-order valence-electron chi connectivity index (χ4n) is 3.50. The Balaban J connectivity index is 1.63. The molecule has 4 nitrogen and oxygen atoms in total. The molecule has 0 aromatic heterocycles. The molecule has 0 aliphatic heterocycles. The van der Waals surface area contributed by atoms with Gasteiger partial charge in [0.25, 0.3) is 0 Å². The highest BCUT2D eigenvalue weighted by Gasteiger charge is 2.16. The molecule has 0 saturated heterocycles. The van der Waals surface area contributed by atoms with Crippen LogP contribution in [-0.2, 0) is 4.79 Å². The van der Waals surface area contributed by atoms with E-state index in [0.717, 1.165) is 11.3 Å². The van der Waals surface area contributed by atoms with E-state index in [1.54, 1.807) is 12.2 Å². The summed E-state index contributed by atoms with van der Waals surface area (Å²) in [5, 5.41) is 2.72. The standard InChI is InChI=1S/C24H27NO3/c1-18(26)25-21-14-11-19(12-15-21)13-16-23(27)22-9-5-6-10-24(22)28-17-20-7-3-2-4-8-20/h5-6,9-16,20H,2-4,7-8,17H2,1H3,(H,25,26)/b16-13+. The number of carbonyl (C=O) groups excluding carboxylic acids is 2. The molecule has 0 radical (unpaired) electrons. The molecule has 146 valence electrons. The molecule has 0 spiro atoms. The summed E-state index contributed by atoms with van der Waals surface area (Å²) in [5.41, 5.74) is 2.21. The minimum Gasteiger partial charge on any atom is -0.493 e. The quantitative estimate of drug-likeness (QED) is 0.512. The zero-order valence-electron chi connectivity index (χ0n) is 16.3. The van der Waals surface area contributed by atoms with Crippen LogP contribution in [0.25, 0.3) is 6.08 Å².